The monoisotopic (exact) mass is 312 g/mol. The zero-order chi connectivity index (χ0) is 16.5. The van der Waals surface area contributed by atoms with E-state index in [1.165, 1.54) is 29.9 Å². The molecule has 0 atom stereocenters. The Morgan fingerprint density at radius 2 is 1.95 bits per heavy atom. The van der Waals surface area contributed by atoms with Crippen molar-refractivity contribution in [2.45, 2.75) is 33.0 Å². The lowest BCUT2D eigenvalue weighted by atomic mass is 10.2. The fourth-order valence-corrected chi connectivity index (χ4v) is 2.01. The minimum Gasteiger partial charge on any atom is -0.319 e. The molecule has 5 nitrogen and oxygen atoms in total. The molecule has 0 aromatic carbocycles. The molecule has 0 radical (unpaired) electrons. The Balaban J connectivity index is 2.39. The van der Waals surface area contributed by atoms with E-state index in [2.05, 4.69) is 15.4 Å². The molecule has 2 aromatic heterocycles. The SMILES string of the molecule is Cc1ccnc(C(F)(F)F)c1NC(=O)c1ccnn1C(C)C. The summed E-state index contributed by atoms with van der Waals surface area (Å²) < 4.78 is 40.4. The molecule has 0 fully saturated rings. The molecule has 8 heteroatoms. The van der Waals surface area contributed by atoms with Crippen LogP contribution in [0.5, 0.6) is 0 Å². The first kappa shape index (κ1) is 16.0. The number of rotatable bonds is 3. The van der Waals surface area contributed by atoms with Crippen LogP contribution in [0.3, 0.4) is 0 Å². The number of pyridine rings is 1. The van der Waals surface area contributed by atoms with Gasteiger partial charge in [-0.05, 0) is 38.5 Å². The van der Waals surface area contributed by atoms with Crippen LogP contribution in [0.15, 0.2) is 24.5 Å². The zero-order valence-electron chi connectivity index (χ0n) is 12.3. The molecule has 118 valence electrons. The second-order valence-corrected chi connectivity index (χ2v) is 5.06. The topological polar surface area (TPSA) is 59.8 Å². The molecule has 0 saturated heterocycles. The van der Waals surface area contributed by atoms with Crippen molar-refractivity contribution in [1.29, 1.82) is 0 Å². The lowest BCUT2D eigenvalue weighted by molar-refractivity contribution is -0.140. The molecule has 0 aliphatic rings. The van der Waals surface area contributed by atoms with Gasteiger partial charge >= 0.3 is 6.18 Å². The number of nitrogens with zero attached hydrogens (tertiary/aromatic N) is 3. The number of hydrogen-bond acceptors (Lipinski definition) is 3. The quantitative estimate of drug-likeness (QED) is 0.944. The molecule has 22 heavy (non-hydrogen) atoms. The van der Waals surface area contributed by atoms with Crippen LogP contribution in [-0.4, -0.2) is 20.7 Å². The first-order valence-corrected chi connectivity index (χ1v) is 6.59. The third kappa shape index (κ3) is 3.10. The third-order valence-corrected chi connectivity index (χ3v) is 3.06. The fraction of sp³-hybridized carbons (Fsp3) is 0.357. The van der Waals surface area contributed by atoms with E-state index in [-0.39, 0.29) is 23.0 Å². The Morgan fingerprint density at radius 1 is 1.27 bits per heavy atom. The minimum atomic E-state index is -4.65. The summed E-state index contributed by atoms with van der Waals surface area (Å²) in [6.07, 6.45) is -2.16. The Hall–Kier alpha value is -2.38. The Kier molecular flexibility index (Phi) is 4.20. The van der Waals surface area contributed by atoms with Crippen LogP contribution in [-0.2, 0) is 6.18 Å². The van der Waals surface area contributed by atoms with Crippen molar-refractivity contribution in [3.8, 4) is 0 Å². The van der Waals surface area contributed by atoms with Gasteiger partial charge in [0.05, 0.1) is 5.69 Å². The van der Waals surface area contributed by atoms with Crippen LogP contribution in [0.1, 0.15) is 41.6 Å². The highest BCUT2D eigenvalue weighted by Gasteiger charge is 2.36. The van der Waals surface area contributed by atoms with E-state index in [1.807, 2.05) is 13.8 Å². The van der Waals surface area contributed by atoms with Gasteiger partial charge in [0.15, 0.2) is 5.69 Å². The summed E-state index contributed by atoms with van der Waals surface area (Å²) in [6, 6.07) is 2.77. The predicted octanol–water partition coefficient (Wildman–Crippen LogP) is 3.44. The highest BCUT2D eigenvalue weighted by molar-refractivity contribution is 6.03. The number of alkyl halides is 3. The van der Waals surface area contributed by atoms with Gasteiger partial charge in [-0.25, -0.2) is 4.98 Å². The summed E-state index contributed by atoms with van der Waals surface area (Å²) in [7, 11) is 0. The summed E-state index contributed by atoms with van der Waals surface area (Å²) in [4.78, 5) is 15.6. The molecule has 2 rings (SSSR count). The van der Waals surface area contributed by atoms with Crippen molar-refractivity contribution in [1.82, 2.24) is 14.8 Å². The van der Waals surface area contributed by atoms with E-state index in [1.54, 1.807) is 0 Å². The minimum absolute atomic E-state index is 0.0900. The van der Waals surface area contributed by atoms with Crippen LogP contribution in [0.25, 0.3) is 0 Å². The van der Waals surface area contributed by atoms with Crippen molar-refractivity contribution in [2.75, 3.05) is 5.32 Å². The molecule has 2 heterocycles. The van der Waals surface area contributed by atoms with Gasteiger partial charge in [-0.3, -0.25) is 9.48 Å². The summed E-state index contributed by atoms with van der Waals surface area (Å²) in [6.45, 7) is 5.12. The maximum absolute atomic E-state index is 13.0. The maximum Gasteiger partial charge on any atom is 0.435 e. The second-order valence-electron chi connectivity index (χ2n) is 5.06. The van der Waals surface area contributed by atoms with Gasteiger partial charge in [-0.2, -0.15) is 18.3 Å². The fourth-order valence-electron chi connectivity index (χ4n) is 2.01. The van der Waals surface area contributed by atoms with E-state index in [0.29, 0.717) is 0 Å². The van der Waals surface area contributed by atoms with Crippen molar-refractivity contribution < 1.29 is 18.0 Å². The van der Waals surface area contributed by atoms with E-state index in [4.69, 9.17) is 0 Å². The van der Waals surface area contributed by atoms with Gasteiger partial charge in [0.2, 0.25) is 0 Å². The largest absolute Gasteiger partial charge is 0.435 e. The average Bonchev–Trinajstić information content (AvgIpc) is 2.89. The van der Waals surface area contributed by atoms with E-state index in [0.717, 1.165) is 6.20 Å². The van der Waals surface area contributed by atoms with Crippen LogP contribution in [0.2, 0.25) is 0 Å². The van der Waals surface area contributed by atoms with Gasteiger partial charge in [-0.1, -0.05) is 0 Å². The highest BCUT2D eigenvalue weighted by Crippen LogP contribution is 2.34. The van der Waals surface area contributed by atoms with Gasteiger partial charge in [0.1, 0.15) is 5.69 Å². The van der Waals surface area contributed by atoms with Crippen molar-refractivity contribution >= 4 is 11.6 Å². The molecular formula is C14H15F3N4O. The van der Waals surface area contributed by atoms with Gasteiger partial charge < -0.3 is 5.32 Å². The summed E-state index contributed by atoms with van der Waals surface area (Å²) in [5.74, 6) is -0.659. The van der Waals surface area contributed by atoms with Gasteiger partial charge in [-0.15, -0.1) is 0 Å². The molecule has 0 unspecified atom stereocenters. The van der Waals surface area contributed by atoms with E-state index >= 15 is 0 Å². The van der Waals surface area contributed by atoms with Crippen molar-refractivity contribution in [2.24, 2.45) is 0 Å². The van der Waals surface area contributed by atoms with Gasteiger partial charge in [0, 0.05) is 18.4 Å². The van der Waals surface area contributed by atoms with Crippen LogP contribution in [0, 0.1) is 6.92 Å². The lowest BCUT2D eigenvalue weighted by Gasteiger charge is -2.16. The molecule has 0 bridgehead atoms. The molecule has 0 spiro atoms. The molecule has 1 N–H and O–H groups in total. The van der Waals surface area contributed by atoms with E-state index < -0.39 is 17.8 Å². The highest BCUT2D eigenvalue weighted by atomic mass is 19.4. The Labute approximate surface area is 125 Å². The number of amides is 1. The number of aryl methyl sites for hydroxylation is 1. The second kappa shape index (κ2) is 5.78. The first-order valence-electron chi connectivity index (χ1n) is 6.59. The summed E-state index contributed by atoms with van der Waals surface area (Å²) in [5.41, 5.74) is -0.981. The zero-order valence-corrected chi connectivity index (χ0v) is 12.3. The van der Waals surface area contributed by atoms with Crippen LogP contribution in [0.4, 0.5) is 18.9 Å². The normalized spacial score (nSPS) is 11.8. The smallest absolute Gasteiger partial charge is 0.319 e. The summed E-state index contributed by atoms with van der Waals surface area (Å²) in [5, 5.41) is 6.29. The molecule has 0 aliphatic heterocycles. The Morgan fingerprint density at radius 3 is 2.55 bits per heavy atom. The number of anilines is 1. The number of aromatic nitrogens is 3. The number of carbonyl (C=O) groups excluding carboxylic acids is 1. The number of carbonyl (C=O) groups is 1. The third-order valence-electron chi connectivity index (χ3n) is 3.06. The summed E-state index contributed by atoms with van der Waals surface area (Å²) >= 11 is 0. The van der Waals surface area contributed by atoms with Crippen LogP contribution >= 0.6 is 0 Å². The predicted molar refractivity (Wildman–Crippen MR) is 74.5 cm³/mol. The Bertz CT molecular complexity index is 692. The number of nitrogens with one attached hydrogen (secondary N) is 1. The molecule has 0 saturated carbocycles. The molecule has 0 aliphatic carbocycles. The van der Waals surface area contributed by atoms with Crippen LogP contribution < -0.4 is 5.32 Å². The average molecular weight is 312 g/mol. The van der Waals surface area contributed by atoms with E-state index in [9.17, 15) is 18.0 Å². The van der Waals surface area contributed by atoms with Crippen molar-refractivity contribution in [3.63, 3.8) is 0 Å². The molecular weight excluding hydrogens is 297 g/mol. The standard InChI is InChI=1S/C14H15F3N4O/c1-8(2)21-10(5-7-19-21)13(22)20-11-9(3)4-6-18-12(11)14(15,16)17/h4-8H,1-3H3,(H,20,22). The molecule has 2 aromatic rings. The van der Waals surface area contributed by atoms with Crippen molar-refractivity contribution in [3.05, 3.63) is 41.5 Å². The molecule has 1 amide bonds. The number of hydrogen-bond donors (Lipinski definition) is 1. The van der Waals surface area contributed by atoms with Gasteiger partial charge in [0.25, 0.3) is 5.91 Å². The lowest BCUT2D eigenvalue weighted by Crippen LogP contribution is -2.22. The first-order chi connectivity index (χ1) is 10.2. The maximum atomic E-state index is 13.0. The number of halogens is 3.